The van der Waals surface area contributed by atoms with Crippen molar-refractivity contribution in [3.05, 3.63) is 36.0 Å². The van der Waals surface area contributed by atoms with E-state index in [-0.39, 0.29) is 10.6 Å². The van der Waals surface area contributed by atoms with Crippen LogP contribution in [0.25, 0.3) is 10.9 Å². The third kappa shape index (κ3) is 2.24. The Morgan fingerprint density at radius 3 is 2.47 bits per heavy atom. The minimum Gasteiger partial charge on any atom is -0.477 e. The summed E-state index contributed by atoms with van der Waals surface area (Å²) < 4.78 is 30.6. The van der Waals surface area contributed by atoms with Gasteiger partial charge in [-0.05, 0) is 24.3 Å². The number of rotatable bonds is 2. The lowest BCUT2D eigenvalue weighted by molar-refractivity contribution is 0.0691. The number of aromatic carboxylic acids is 1. The van der Waals surface area contributed by atoms with Crippen molar-refractivity contribution in [2.45, 2.75) is 4.90 Å². The second-order valence-corrected chi connectivity index (χ2v) is 4.75. The maximum Gasteiger partial charge on any atom is 0.354 e. The molecule has 0 bridgehead atoms. The Hall–Kier alpha value is -1.99. The maximum atomic E-state index is 10.9. The van der Waals surface area contributed by atoms with Crippen molar-refractivity contribution in [3.63, 3.8) is 0 Å². The molecule has 2 N–H and O–H groups in total. The van der Waals surface area contributed by atoms with Crippen LogP contribution in [0.4, 0.5) is 0 Å². The highest BCUT2D eigenvalue weighted by Gasteiger charge is 2.11. The molecule has 0 aliphatic heterocycles. The molecule has 0 saturated carbocycles. The molecule has 1 aromatic heterocycles. The van der Waals surface area contributed by atoms with E-state index in [9.17, 15) is 13.2 Å². The number of fused-ring (bicyclic) bond motifs is 1. The number of pyridine rings is 1. The zero-order valence-corrected chi connectivity index (χ0v) is 9.18. The Morgan fingerprint density at radius 2 is 1.88 bits per heavy atom. The molecule has 0 unspecified atom stereocenters. The summed E-state index contributed by atoms with van der Waals surface area (Å²) in [6.07, 6.45) is 0. The zero-order chi connectivity index (χ0) is 12.6. The first-order valence-corrected chi connectivity index (χ1v) is 5.93. The van der Waals surface area contributed by atoms with Crippen LogP contribution < -0.4 is 0 Å². The molecule has 2 aromatic rings. The first kappa shape index (κ1) is 11.5. The highest BCUT2D eigenvalue weighted by atomic mass is 32.2. The van der Waals surface area contributed by atoms with Crippen LogP contribution in [0.1, 0.15) is 10.5 Å². The molecule has 6 nitrogen and oxygen atoms in total. The Labute approximate surface area is 96.3 Å². The SMILES string of the molecule is O=C(O)c1ccc2cc(S(=O)(=O)O)ccc2n1. The molecule has 0 saturated heterocycles. The zero-order valence-electron chi connectivity index (χ0n) is 8.36. The van der Waals surface area contributed by atoms with E-state index in [0.717, 1.165) is 6.07 Å². The maximum absolute atomic E-state index is 10.9. The molecule has 17 heavy (non-hydrogen) atoms. The van der Waals surface area contributed by atoms with E-state index in [2.05, 4.69) is 4.98 Å². The van der Waals surface area contributed by atoms with Crippen LogP contribution in [0.15, 0.2) is 35.2 Å². The Morgan fingerprint density at radius 1 is 1.18 bits per heavy atom. The van der Waals surface area contributed by atoms with Gasteiger partial charge in [0.1, 0.15) is 5.69 Å². The predicted octanol–water partition coefficient (Wildman–Crippen LogP) is 1.18. The fraction of sp³-hybridized carbons (Fsp3) is 0. The van der Waals surface area contributed by atoms with Crippen LogP contribution in [-0.4, -0.2) is 29.0 Å². The fourth-order valence-electron chi connectivity index (χ4n) is 1.38. The molecular formula is C10H7NO5S. The van der Waals surface area contributed by atoms with Gasteiger partial charge >= 0.3 is 5.97 Å². The van der Waals surface area contributed by atoms with E-state index in [1.54, 1.807) is 0 Å². The molecule has 0 aliphatic carbocycles. The molecule has 0 fully saturated rings. The minimum absolute atomic E-state index is 0.128. The van der Waals surface area contributed by atoms with Gasteiger partial charge in [-0.1, -0.05) is 6.07 Å². The molecule has 0 spiro atoms. The molecule has 0 radical (unpaired) electrons. The van der Waals surface area contributed by atoms with Crippen molar-refractivity contribution in [2.24, 2.45) is 0 Å². The summed E-state index contributed by atoms with van der Waals surface area (Å²) >= 11 is 0. The summed E-state index contributed by atoms with van der Waals surface area (Å²) in [5, 5.41) is 9.17. The van der Waals surface area contributed by atoms with Crippen molar-refractivity contribution in [2.75, 3.05) is 0 Å². The Bertz CT molecular complexity index is 708. The van der Waals surface area contributed by atoms with E-state index < -0.39 is 16.1 Å². The first-order valence-electron chi connectivity index (χ1n) is 4.49. The van der Waals surface area contributed by atoms with Gasteiger partial charge in [-0.25, -0.2) is 9.78 Å². The summed E-state index contributed by atoms with van der Waals surface area (Å²) in [5.41, 5.74) is 0.217. The molecule has 7 heteroatoms. The van der Waals surface area contributed by atoms with Crippen LogP contribution in [0, 0.1) is 0 Å². The number of benzene rings is 1. The summed E-state index contributed by atoms with van der Waals surface area (Å²) in [6, 6.07) is 6.42. The lowest BCUT2D eigenvalue weighted by atomic mass is 10.2. The molecule has 0 amide bonds. The van der Waals surface area contributed by atoms with Crippen molar-refractivity contribution >= 4 is 27.0 Å². The summed E-state index contributed by atoms with van der Waals surface area (Å²) in [5.74, 6) is -1.16. The second-order valence-electron chi connectivity index (χ2n) is 3.33. The van der Waals surface area contributed by atoms with Gasteiger partial charge in [-0.15, -0.1) is 0 Å². The van der Waals surface area contributed by atoms with Crippen molar-refractivity contribution in [1.29, 1.82) is 0 Å². The monoisotopic (exact) mass is 253 g/mol. The smallest absolute Gasteiger partial charge is 0.354 e. The average molecular weight is 253 g/mol. The van der Waals surface area contributed by atoms with Crippen LogP contribution in [0.2, 0.25) is 0 Å². The summed E-state index contributed by atoms with van der Waals surface area (Å²) in [6.45, 7) is 0. The van der Waals surface area contributed by atoms with Gasteiger partial charge < -0.3 is 5.11 Å². The quantitative estimate of drug-likeness (QED) is 0.778. The molecular weight excluding hydrogens is 246 g/mol. The average Bonchev–Trinajstić information content (AvgIpc) is 2.26. The number of carboxylic acids is 1. The summed E-state index contributed by atoms with van der Waals surface area (Å²) in [4.78, 5) is 14.2. The van der Waals surface area contributed by atoms with E-state index >= 15 is 0 Å². The van der Waals surface area contributed by atoms with Crippen LogP contribution in [0.5, 0.6) is 0 Å². The fourth-order valence-corrected chi connectivity index (χ4v) is 1.90. The molecule has 88 valence electrons. The highest BCUT2D eigenvalue weighted by molar-refractivity contribution is 7.85. The largest absolute Gasteiger partial charge is 0.477 e. The molecule has 0 atom stereocenters. The van der Waals surface area contributed by atoms with Gasteiger partial charge in [0.25, 0.3) is 10.1 Å². The van der Waals surface area contributed by atoms with Crippen LogP contribution in [-0.2, 0) is 10.1 Å². The lowest BCUT2D eigenvalue weighted by Gasteiger charge is -2.01. The van der Waals surface area contributed by atoms with E-state index in [1.165, 1.54) is 24.3 Å². The van der Waals surface area contributed by atoms with Gasteiger partial charge in [-0.3, -0.25) is 4.55 Å². The van der Waals surface area contributed by atoms with Crippen molar-refractivity contribution < 1.29 is 22.9 Å². The van der Waals surface area contributed by atoms with Crippen LogP contribution in [0.3, 0.4) is 0 Å². The van der Waals surface area contributed by atoms with Gasteiger partial charge in [0, 0.05) is 5.39 Å². The number of carbonyl (C=O) groups is 1. The molecule has 2 rings (SSSR count). The van der Waals surface area contributed by atoms with Gasteiger partial charge in [0.15, 0.2) is 0 Å². The van der Waals surface area contributed by atoms with Crippen molar-refractivity contribution in [1.82, 2.24) is 4.98 Å². The number of hydrogen-bond donors (Lipinski definition) is 2. The second kappa shape index (κ2) is 3.79. The predicted molar refractivity (Wildman–Crippen MR) is 58.5 cm³/mol. The number of hydrogen-bond acceptors (Lipinski definition) is 4. The van der Waals surface area contributed by atoms with E-state index in [4.69, 9.17) is 9.66 Å². The Kier molecular flexibility index (Phi) is 2.56. The minimum atomic E-state index is -4.26. The van der Waals surface area contributed by atoms with E-state index in [1.807, 2.05) is 0 Å². The lowest BCUT2D eigenvalue weighted by Crippen LogP contribution is -2.01. The highest BCUT2D eigenvalue weighted by Crippen LogP contribution is 2.18. The third-order valence-corrected chi connectivity index (χ3v) is 3.03. The first-order chi connectivity index (χ1) is 7.88. The number of aromatic nitrogens is 1. The number of carboxylic acid groups (broad SMARTS) is 1. The molecule has 1 aromatic carbocycles. The van der Waals surface area contributed by atoms with Gasteiger partial charge in [0.2, 0.25) is 0 Å². The van der Waals surface area contributed by atoms with Crippen molar-refractivity contribution in [3.8, 4) is 0 Å². The number of nitrogens with zero attached hydrogens (tertiary/aromatic N) is 1. The summed E-state index contributed by atoms with van der Waals surface area (Å²) in [7, 11) is -4.26. The van der Waals surface area contributed by atoms with E-state index in [0.29, 0.717) is 10.9 Å². The molecule has 0 aliphatic rings. The van der Waals surface area contributed by atoms with Gasteiger partial charge in [-0.2, -0.15) is 8.42 Å². The van der Waals surface area contributed by atoms with Crippen LogP contribution >= 0.6 is 0 Å². The third-order valence-electron chi connectivity index (χ3n) is 2.18. The molecule has 1 heterocycles. The normalized spacial score (nSPS) is 11.6. The Balaban J connectivity index is 2.66. The standard InChI is InChI=1S/C10H7NO5S/c12-10(13)9-3-1-6-5-7(17(14,15)16)2-4-8(6)11-9/h1-5H,(H,12,13)(H,14,15,16). The van der Waals surface area contributed by atoms with Gasteiger partial charge in [0.05, 0.1) is 10.4 Å². The topological polar surface area (TPSA) is 105 Å².